The summed E-state index contributed by atoms with van der Waals surface area (Å²) in [5.41, 5.74) is 1.25. The molecule has 2 aromatic rings. The van der Waals surface area contributed by atoms with E-state index in [1.165, 1.54) is 5.56 Å². The molecule has 1 aliphatic rings. The molecule has 0 bridgehead atoms. The average molecular weight is 416 g/mol. The Labute approximate surface area is 176 Å². The number of carbonyl (C=O) groups is 2. The van der Waals surface area contributed by atoms with Gasteiger partial charge in [-0.3, -0.25) is 4.79 Å². The van der Waals surface area contributed by atoms with Gasteiger partial charge in [0.15, 0.2) is 0 Å². The van der Waals surface area contributed by atoms with E-state index in [1.54, 1.807) is 23.2 Å². The summed E-state index contributed by atoms with van der Waals surface area (Å²) in [5.74, 6) is 0.549. The van der Waals surface area contributed by atoms with E-state index in [9.17, 15) is 9.59 Å². The van der Waals surface area contributed by atoms with E-state index >= 15 is 0 Å². The molecule has 0 unspecified atom stereocenters. The molecule has 1 fully saturated rings. The second kappa shape index (κ2) is 8.82. The zero-order chi connectivity index (χ0) is 21.0. The number of hydrogen-bond acceptors (Lipinski definition) is 4. The van der Waals surface area contributed by atoms with Gasteiger partial charge in [0, 0.05) is 29.9 Å². The van der Waals surface area contributed by atoms with Crippen LogP contribution in [-0.2, 0) is 4.74 Å². The molecule has 2 amide bonds. The molecule has 7 heteroatoms. The molecule has 0 spiro atoms. The van der Waals surface area contributed by atoms with Crippen molar-refractivity contribution in [2.45, 2.75) is 45.1 Å². The molecule has 1 saturated heterocycles. The molecule has 1 aromatic carbocycles. The number of piperidine rings is 1. The van der Waals surface area contributed by atoms with Crippen LogP contribution in [0.3, 0.4) is 0 Å². The van der Waals surface area contributed by atoms with Crippen molar-refractivity contribution in [1.29, 1.82) is 0 Å². The molecule has 6 nitrogen and oxygen atoms in total. The van der Waals surface area contributed by atoms with E-state index in [4.69, 9.17) is 16.3 Å². The smallest absolute Gasteiger partial charge is 0.410 e. The van der Waals surface area contributed by atoms with Crippen molar-refractivity contribution >= 4 is 29.4 Å². The Morgan fingerprint density at radius 2 is 1.79 bits per heavy atom. The number of aromatic nitrogens is 1. The van der Waals surface area contributed by atoms with Crippen LogP contribution in [0.25, 0.3) is 0 Å². The van der Waals surface area contributed by atoms with Crippen LogP contribution < -0.4 is 5.32 Å². The van der Waals surface area contributed by atoms with Gasteiger partial charge in [0.05, 0.1) is 0 Å². The van der Waals surface area contributed by atoms with Gasteiger partial charge in [0.25, 0.3) is 5.91 Å². The first-order valence-electron chi connectivity index (χ1n) is 9.72. The van der Waals surface area contributed by atoms with Crippen LogP contribution in [0, 0.1) is 0 Å². The number of amides is 2. The standard InChI is InChI=1S/C22H26ClN3O3/c1-22(2,3)29-21(28)26-12-9-16(10-13-26)15-4-6-17(7-5-15)20(27)25-19-14-18(23)8-11-24-19/h4-8,11,14,16H,9-10,12-13H2,1-3H3,(H,24,25,27). The highest BCUT2D eigenvalue weighted by atomic mass is 35.5. The predicted molar refractivity (Wildman–Crippen MR) is 113 cm³/mol. The van der Waals surface area contributed by atoms with Crippen LogP contribution in [0.2, 0.25) is 5.02 Å². The van der Waals surface area contributed by atoms with E-state index < -0.39 is 5.60 Å². The van der Waals surface area contributed by atoms with Crippen LogP contribution in [0.1, 0.15) is 55.5 Å². The normalized spacial score (nSPS) is 15.1. The summed E-state index contributed by atoms with van der Waals surface area (Å²) in [7, 11) is 0. The van der Waals surface area contributed by atoms with Crippen LogP contribution in [0.4, 0.5) is 10.6 Å². The highest BCUT2D eigenvalue weighted by molar-refractivity contribution is 6.30. The highest BCUT2D eigenvalue weighted by Gasteiger charge is 2.27. The molecule has 0 aliphatic carbocycles. The maximum Gasteiger partial charge on any atom is 0.410 e. The van der Waals surface area contributed by atoms with Gasteiger partial charge >= 0.3 is 6.09 Å². The minimum atomic E-state index is -0.481. The summed E-state index contributed by atoms with van der Waals surface area (Å²) < 4.78 is 5.45. The van der Waals surface area contributed by atoms with Gasteiger partial charge < -0.3 is 15.0 Å². The summed E-state index contributed by atoms with van der Waals surface area (Å²) in [6.07, 6.45) is 3.04. The number of anilines is 1. The van der Waals surface area contributed by atoms with E-state index in [0.29, 0.717) is 35.4 Å². The molecule has 0 radical (unpaired) electrons. The molecule has 1 aliphatic heterocycles. The lowest BCUT2D eigenvalue weighted by atomic mass is 9.89. The van der Waals surface area contributed by atoms with Crippen molar-refractivity contribution in [3.05, 3.63) is 58.7 Å². The van der Waals surface area contributed by atoms with E-state index in [2.05, 4.69) is 10.3 Å². The minimum Gasteiger partial charge on any atom is -0.444 e. The number of carbonyl (C=O) groups excluding carboxylic acids is 2. The second-order valence-electron chi connectivity index (χ2n) is 8.18. The third-order valence-electron chi connectivity index (χ3n) is 4.75. The minimum absolute atomic E-state index is 0.230. The number of nitrogens with zero attached hydrogens (tertiary/aromatic N) is 2. The average Bonchev–Trinajstić information content (AvgIpc) is 2.67. The summed E-state index contributed by atoms with van der Waals surface area (Å²) in [6.45, 7) is 6.96. The Kier molecular flexibility index (Phi) is 6.42. The fourth-order valence-corrected chi connectivity index (χ4v) is 3.45. The maximum atomic E-state index is 12.4. The van der Waals surface area contributed by atoms with Gasteiger partial charge in [0.2, 0.25) is 0 Å². The largest absolute Gasteiger partial charge is 0.444 e. The van der Waals surface area contributed by atoms with Crippen molar-refractivity contribution in [2.75, 3.05) is 18.4 Å². The lowest BCUT2D eigenvalue weighted by molar-refractivity contribution is 0.0204. The van der Waals surface area contributed by atoms with Crippen LogP contribution in [0.5, 0.6) is 0 Å². The summed E-state index contributed by atoms with van der Waals surface area (Å²) in [5, 5.41) is 3.26. The van der Waals surface area contributed by atoms with E-state index in [1.807, 2.05) is 45.0 Å². The fourth-order valence-electron chi connectivity index (χ4n) is 3.29. The van der Waals surface area contributed by atoms with Crippen molar-refractivity contribution in [2.24, 2.45) is 0 Å². The Morgan fingerprint density at radius 3 is 2.38 bits per heavy atom. The number of benzene rings is 1. The Balaban J connectivity index is 1.55. The van der Waals surface area contributed by atoms with Crippen LogP contribution in [0.15, 0.2) is 42.6 Å². The molecular formula is C22H26ClN3O3. The lowest BCUT2D eigenvalue weighted by Crippen LogP contribution is -2.41. The summed E-state index contributed by atoms with van der Waals surface area (Å²) >= 11 is 5.92. The quantitative estimate of drug-likeness (QED) is 0.756. The third-order valence-corrected chi connectivity index (χ3v) is 4.99. The highest BCUT2D eigenvalue weighted by Crippen LogP contribution is 2.29. The number of likely N-dealkylation sites (tertiary alicyclic amines) is 1. The first-order valence-corrected chi connectivity index (χ1v) is 10.1. The SMILES string of the molecule is CC(C)(C)OC(=O)N1CCC(c2ccc(C(=O)Nc3cc(Cl)ccn3)cc2)CC1. The Bertz CT molecular complexity index is 870. The van der Waals surface area contributed by atoms with Crippen molar-refractivity contribution in [1.82, 2.24) is 9.88 Å². The Morgan fingerprint density at radius 1 is 1.14 bits per heavy atom. The first-order chi connectivity index (χ1) is 13.7. The van der Waals surface area contributed by atoms with Gasteiger partial charge in [-0.1, -0.05) is 23.7 Å². The topological polar surface area (TPSA) is 71.5 Å². The molecule has 0 saturated carbocycles. The molecule has 29 heavy (non-hydrogen) atoms. The number of nitrogens with one attached hydrogen (secondary N) is 1. The van der Waals surface area contributed by atoms with E-state index in [0.717, 1.165) is 12.8 Å². The number of ether oxygens (including phenoxy) is 1. The molecule has 0 atom stereocenters. The first kappa shape index (κ1) is 21.1. The fraction of sp³-hybridized carbons (Fsp3) is 0.409. The van der Waals surface area contributed by atoms with Crippen molar-refractivity contribution in [3.8, 4) is 0 Å². The number of rotatable bonds is 3. The third kappa shape index (κ3) is 5.94. The van der Waals surface area contributed by atoms with Gasteiger partial charge in [-0.2, -0.15) is 0 Å². The van der Waals surface area contributed by atoms with Crippen LogP contribution in [-0.4, -0.2) is 40.6 Å². The van der Waals surface area contributed by atoms with Gasteiger partial charge in [-0.05, 0) is 69.4 Å². The van der Waals surface area contributed by atoms with Crippen molar-refractivity contribution in [3.63, 3.8) is 0 Å². The maximum absolute atomic E-state index is 12.4. The molecule has 154 valence electrons. The molecule has 1 aromatic heterocycles. The summed E-state index contributed by atoms with van der Waals surface area (Å²) in [6, 6.07) is 10.8. The lowest BCUT2D eigenvalue weighted by Gasteiger charge is -2.33. The number of hydrogen-bond donors (Lipinski definition) is 1. The monoisotopic (exact) mass is 415 g/mol. The van der Waals surface area contributed by atoms with Crippen LogP contribution >= 0.6 is 11.6 Å². The van der Waals surface area contributed by atoms with E-state index in [-0.39, 0.29) is 12.0 Å². The second-order valence-corrected chi connectivity index (χ2v) is 8.61. The van der Waals surface area contributed by atoms with Gasteiger partial charge in [0.1, 0.15) is 11.4 Å². The molecule has 1 N–H and O–H groups in total. The van der Waals surface area contributed by atoms with Crippen molar-refractivity contribution < 1.29 is 14.3 Å². The van der Waals surface area contributed by atoms with Gasteiger partial charge in [-0.25, -0.2) is 9.78 Å². The molecule has 2 heterocycles. The number of halogens is 1. The number of pyridine rings is 1. The molecule has 3 rings (SSSR count). The zero-order valence-corrected chi connectivity index (χ0v) is 17.7. The summed E-state index contributed by atoms with van der Waals surface area (Å²) in [4.78, 5) is 30.4. The predicted octanol–water partition coefficient (Wildman–Crippen LogP) is 5.10. The van der Waals surface area contributed by atoms with Gasteiger partial charge in [-0.15, -0.1) is 0 Å². The Hall–Kier alpha value is -2.60. The zero-order valence-electron chi connectivity index (χ0n) is 16.9. The molecular weight excluding hydrogens is 390 g/mol.